The zero-order chi connectivity index (χ0) is 29.3. The Bertz CT molecular complexity index is 1870. The van der Waals surface area contributed by atoms with Crippen LogP contribution in [0, 0.1) is 12.7 Å². The van der Waals surface area contributed by atoms with Crippen LogP contribution < -0.4 is 16.0 Å². The molecule has 0 atom stereocenters. The SMILES string of the molecule is Cc1ccc(-n2c(=O)c(C(=O)Cc3ccc(Oc4ccnc(-c5cnn(C)c5)c4)c(F)c3)cn(C(C)C)c2=O)cc1. The second-order valence-corrected chi connectivity index (χ2v) is 10.0. The second kappa shape index (κ2) is 11.2. The van der Waals surface area contributed by atoms with Crippen molar-refractivity contribution in [2.45, 2.75) is 33.2 Å². The molecule has 3 aromatic heterocycles. The number of ketones is 1. The minimum Gasteiger partial charge on any atom is -0.454 e. The molecule has 0 unspecified atom stereocenters. The van der Waals surface area contributed by atoms with Gasteiger partial charge in [-0.25, -0.2) is 13.8 Å². The van der Waals surface area contributed by atoms with Gasteiger partial charge in [-0.1, -0.05) is 23.8 Å². The van der Waals surface area contributed by atoms with E-state index in [4.69, 9.17) is 4.74 Å². The Labute approximate surface area is 235 Å². The number of hydrogen-bond donors (Lipinski definition) is 0. The van der Waals surface area contributed by atoms with Crippen LogP contribution in [0.3, 0.4) is 0 Å². The topological polar surface area (TPSA) is 101 Å². The fourth-order valence-electron chi connectivity index (χ4n) is 4.39. The molecule has 208 valence electrons. The Hall–Kier alpha value is -5.12. The first-order chi connectivity index (χ1) is 19.6. The third-order valence-electron chi connectivity index (χ3n) is 6.58. The van der Waals surface area contributed by atoms with Crippen molar-refractivity contribution in [3.05, 3.63) is 123 Å². The molecule has 0 fully saturated rings. The predicted octanol–water partition coefficient (Wildman–Crippen LogP) is 5.04. The van der Waals surface area contributed by atoms with Gasteiger partial charge in [0.15, 0.2) is 17.3 Å². The summed E-state index contributed by atoms with van der Waals surface area (Å²) in [5, 5.41) is 4.13. The number of benzene rings is 2. The minimum absolute atomic E-state index is 0.0281. The Morgan fingerprint density at radius 1 is 1.02 bits per heavy atom. The Kier molecular flexibility index (Phi) is 7.47. The number of carbonyl (C=O) groups excluding carboxylic acids is 1. The Balaban J connectivity index is 1.41. The van der Waals surface area contributed by atoms with Crippen LogP contribution in [0.15, 0.2) is 89.0 Å². The first kappa shape index (κ1) is 27.4. The highest BCUT2D eigenvalue weighted by molar-refractivity contribution is 5.97. The van der Waals surface area contributed by atoms with Crippen molar-refractivity contribution in [3.63, 3.8) is 0 Å². The highest BCUT2D eigenvalue weighted by Gasteiger charge is 2.20. The molecule has 0 amide bonds. The van der Waals surface area contributed by atoms with Crippen LogP contribution in [0.25, 0.3) is 16.9 Å². The molecular weight excluding hydrogens is 525 g/mol. The van der Waals surface area contributed by atoms with Crippen LogP contribution in [-0.2, 0) is 13.5 Å². The fraction of sp³-hybridized carbons (Fsp3) is 0.194. The van der Waals surface area contributed by atoms with E-state index in [-0.39, 0.29) is 23.8 Å². The Morgan fingerprint density at radius 2 is 1.78 bits per heavy atom. The van der Waals surface area contributed by atoms with Gasteiger partial charge in [-0.05, 0) is 56.7 Å². The second-order valence-electron chi connectivity index (χ2n) is 10.0. The maximum absolute atomic E-state index is 15.1. The lowest BCUT2D eigenvalue weighted by Crippen LogP contribution is -2.42. The largest absolute Gasteiger partial charge is 0.454 e. The predicted molar refractivity (Wildman–Crippen MR) is 152 cm³/mol. The van der Waals surface area contributed by atoms with Crippen molar-refractivity contribution in [1.82, 2.24) is 23.9 Å². The molecule has 0 spiro atoms. The average molecular weight is 554 g/mol. The molecule has 0 radical (unpaired) electrons. The van der Waals surface area contributed by atoms with Crippen molar-refractivity contribution >= 4 is 5.78 Å². The molecule has 5 rings (SSSR count). The van der Waals surface area contributed by atoms with Gasteiger partial charge in [-0.3, -0.25) is 23.8 Å². The summed E-state index contributed by atoms with van der Waals surface area (Å²) < 4.78 is 24.8. The van der Waals surface area contributed by atoms with E-state index >= 15 is 4.39 Å². The third-order valence-corrected chi connectivity index (χ3v) is 6.58. The summed E-state index contributed by atoms with van der Waals surface area (Å²) in [6.07, 6.45) is 6.09. The molecule has 0 N–H and O–H groups in total. The van der Waals surface area contributed by atoms with Crippen molar-refractivity contribution in [2.24, 2.45) is 7.05 Å². The molecule has 0 aliphatic rings. The summed E-state index contributed by atoms with van der Waals surface area (Å²) in [5.41, 5.74) is 1.68. The number of carbonyl (C=O) groups is 1. The van der Waals surface area contributed by atoms with Gasteiger partial charge in [0.05, 0.1) is 17.6 Å². The maximum atomic E-state index is 15.1. The van der Waals surface area contributed by atoms with Crippen molar-refractivity contribution in [2.75, 3.05) is 0 Å². The smallest absolute Gasteiger partial charge is 0.335 e. The summed E-state index contributed by atoms with van der Waals surface area (Å²) in [5.74, 6) is -0.846. The fourth-order valence-corrected chi connectivity index (χ4v) is 4.39. The molecule has 0 aliphatic heterocycles. The normalized spacial score (nSPS) is 11.2. The molecular formula is C31H28FN5O4. The molecule has 0 bridgehead atoms. The van der Waals surface area contributed by atoms with E-state index in [0.717, 1.165) is 15.7 Å². The van der Waals surface area contributed by atoms with Crippen LogP contribution >= 0.6 is 0 Å². The molecule has 0 aliphatic carbocycles. The van der Waals surface area contributed by atoms with Gasteiger partial charge in [0.2, 0.25) is 0 Å². The summed E-state index contributed by atoms with van der Waals surface area (Å²) in [6.45, 7) is 5.47. The molecule has 3 heterocycles. The van der Waals surface area contributed by atoms with Gasteiger partial charge >= 0.3 is 5.69 Å². The quantitative estimate of drug-likeness (QED) is 0.250. The average Bonchev–Trinajstić information content (AvgIpc) is 3.37. The van der Waals surface area contributed by atoms with E-state index in [9.17, 15) is 14.4 Å². The van der Waals surface area contributed by atoms with Crippen LogP contribution in [0.5, 0.6) is 11.5 Å². The minimum atomic E-state index is -0.719. The standard InChI is InChI=1S/C31H28FN5O4/c1-19(2)36-18-25(30(39)37(31(36)40)23-8-5-20(3)6-9-23)28(38)14-21-7-10-29(26(32)13-21)41-24-11-12-33-27(15-24)22-16-34-35(4)17-22/h5-13,15-19H,14H2,1-4H3. The highest BCUT2D eigenvalue weighted by atomic mass is 19.1. The van der Waals surface area contributed by atoms with Gasteiger partial charge in [-0.2, -0.15) is 5.10 Å². The number of hydrogen-bond acceptors (Lipinski definition) is 6. The number of nitrogens with zero attached hydrogens (tertiary/aromatic N) is 5. The van der Waals surface area contributed by atoms with E-state index in [1.165, 1.54) is 22.9 Å². The number of rotatable bonds is 8. The lowest BCUT2D eigenvalue weighted by molar-refractivity contribution is 0.0990. The van der Waals surface area contributed by atoms with Crippen LogP contribution in [0.1, 0.15) is 41.4 Å². The Morgan fingerprint density at radius 3 is 2.44 bits per heavy atom. The number of halogens is 1. The van der Waals surface area contributed by atoms with E-state index in [1.54, 1.807) is 86.6 Å². The molecule has 9 nitrogen and oxygen atoms in total. The van der Waals surface area contributed by atoms with Gasteiger partial charge in [-0.15, -0.1) is 0 Å². The van der Waals surface area contributed by atoms with E-state index in [0.29, 0.717) is 22.7 Å². The highest BCUT2D eigenvalue weighted by Crippen LogP contribution is 2.28. The first-order valence-electron chi connectivity index (χ1n) is 13.0. The van der Waals surface area contributed by atoms with Gasteiger partial charge in [0.1, 0.15) is 11.3 Å². The molecule has 2 aromatic carbocycles. The van der Waals surface area contributed by atoms with Gasteiger partial charge in [0, 0.05) is 49.7 Å². The van der Waals surface area contributed by atoms with Crippen molar-refractivity contribution < 1.29 is 13.9 Å². The maximum Gasteiger partial charge on any atom is 0.335 e. The number of aryl methyl sites for hydroxylation is 2. The summed E-state index contributed by atoms with van der Waals surface area (Å²) in [6, 6.07) is 14.1. The number of ether oxygens (including phenoxy) is 1. The van der Waals surface area contributed by atoms with Crippen molar-refractivity contribution in [1.29, 1.82) is 0 Å². The summed E-state index contributed by atoms with van der Waals surface area (Å²) in [7, 11) is 1.80. The van der Waals surface area contributed by atoms with Crippen LogP contribution in [-0.4, -0.2) is 29.7 Å². The van der Waals surface area contributed by atoms with E-state index in [2.05, 4.69) is 10.1 Å². The molecule has 0 saturated heterocycles. The lowest BCUT2D eigenvalue weighted by Gasteiger charge is -2.15. The number of pyridine rings is 1. The van der Waals surface area contributed by atoms with Crippen LogP contribution in [0.4, 0.5) is 4.39 Å². The number of Topliss-reactive ketones (excluding diaryl/α,β-unsaturated/α-hetero) is 1. The summed E-state index contributed by atoms with van der Waals surface area (Å²) >= 11 is 0. The monoisotopic (exact) mass is 553 g/mol. The van der Waals surface area contributed by atoms with Gasteiger partial charge < -0.3 is 4.74 Å². The van der Waals surface area contributed by atoms with Gasteiger partial charge in [0.25, 0.3) is 5.56 Å². The molecule has 41 heavy (non-hydrogen) atoms. The molecule has 0 saturated carbocycles. The van der Waals surface area contributed by atoms with Crippen LogP contribution in [0.2, 0.25) is 0 Å². The molecule has 5 aromatic rings. The zero-order valence-electron chi connectivity index (χ0n) is 23.0. The summed E-state index contributed by atoms with van der Waals surface area (Å²) in [4.78, 5) is 44.1. The third kappa shape index (κ3) is 5.76. The first-order valence-corrected chi connectivity index (χ1v) is 13.0. The lowest BCUT2D eigenvalue weighted by atomic mass is 10.0. The van der Waals surface area contributed by atoms with E-state index in [1.807, 2.05) is 6.92 Å². The van der Waals surface area contributed by atoms with E-state index < -0.39 is 22.8 Å². The van der Waals surface area contributed by atoms with Crippen molar-refractivity contribution in [3.8, 4) is 28.4 Å². The number of aromatic nitrogens is 5. The molecule has 10 heteroatoms. The zero-order valence-corrected chi connectivity index (χ0v) is 23.0.